The first kappa shape index (κ1) is 15.8. The highest BCUT2D eigenvalue weighted by atomic mass is 16.2. The van der Waals surface area contributed by atoms with E-state index in [1.54, 1.807) is 0 Å². The molecule has 0 aromatic heterocycles. The molecular weight excluding hydrogens is 234 g/mol. The van der Waals surface area contributed by atoms with Gasteiger partial charge in [-0.25, -0.2) is 0 Å². The highest BCUT2D eigenvalue weighted by Gasteiger charge is 2.03. The maximum atomic E-state index is 8.73. The zero-order valence-electron chi connectivity index (χ0n) is 12.2. The SMILES string of the molecule is CCCN(CCC)Cc1cccc(C#CCCO)c1. The lowest BCUT2D eigenvalue weighted by Gasteiger charge is -2.21. The molecule has 0 aliphatic carbocycles. The highest BCUT2D eigenvalue weighted by Crippen LogP contribution is 2.09. The van der Waals surface area contributed by atoms with E-state index in [1.165, 1.54) is 18.4 Å². The molecule has 0 atom stereocenters. The van der Waals surface area contributed by atoms with Gasteiger partial charge in [0.2, 0.25) is 0 Å². The summed E-state index contributed by atoms with van der Waals surface area (Å²) in [7, 11) is 0. The minimum atomic E-state index is 0.132. The number of rotatable bonds is 7. The van der Waals surface area contributed by atoms with Gasteiger partial charge in [0.1, 0.15) is 0 Å². The predicted molar refractivity (Wildman–Crippen MR) is 80.9 cm³/mol. The lowest BCUT2D eigenvalue weighted by Crippen LogP contribution is -2.24. The molecule has 0 fully saturated rings. The van der Waals surface area contributed by atoms with E-state index in [-0.39, 0.29) is 6.61 Å². The fourth-order valence-corrected chi connectivity index (χ4v) is 2.13. The van der Waals surface area contributed by atoms with E-state index in [2.05, 4.69) is 48.8 Å². The number of hydrogen-bond acceptors (Lipinski definition) is 2. The second-order valence-electron chi connectivity index (χ2n) is 4.75. The van der Waals surface area contributed by atoms with Gasteiger partial charge in [-0.2, -0.15) is 0 Å². The monoisotopic (exact) mass is 259 g/mol. The van der Waals surface area contributed by atoms with Gasteiger partial charge < -0.3 is 5.11 Å². The van der Waals surface area contributed by atoms with Crippen LogP contribution in [0.1, 0.15) is 44.2 Å². The molecule has 0 unspecified atom stereocenters. The third-order valence-electron chi connectivity index (χ3n) is 2.88. The Morgan fingerprint density at radius 2 is 1.89 bits per heavy atom. The Balaban J connectivity index is 2.67. The van der Waals surface area contributed by atoms with Crippen molar-refractivity contribution in [1.29, 1.82) is 0 Å². The Kier molecular flexibility index (Phi) is 7.97. The van der Waals surface area contributed by atoms with Crippen LogP contribution in [0.5, 0.6) is 0 Å². The predicted octanol–water partition coefficient (Wildman–Crippen LogP) is 3.04. The van der Waals surface area contributed by atoms with E-state index in [1.807, 2.05) is 6.07 Å². The molecule has 2 heteroatoms. The van der Waals surface area contributed by atoms with Gasteiger partial charge in [-0.1, -0.05) is 37.8 Å². The third-order valence-corrected chi connectivity index (χ3v) is 2.88. The third kappa shape index (κ3) is 6.42. The molecule has 1 N–H and O–H groups in total. The van der Waals surface area contributed by atoms with E-state index >= 15 is 0 Å². The maximum Gasteiger partial charge on any atom is 0.0540 e. The first-order chi connectivity index (χ1) is 9.30. The minimum Gasteiger partial charge on any atom is -0.395 e. The van der Waals surface area contributed by atoms with Gasteiger partial charge in [-0.3, -0.25) is 4.90 Å². The highest BCUT2D eigenvalue weighted by molar-refractivity contribution is 5.37. The smallest absolute Gasteiger partial charge is 0.0540 e. The Bertz CT molecular complexity index is 411. The van der Waals surface area contributed by atoms with Crippen LogP contribution in [-0.2, 0) is 6.54 Å². The zero-order valence-corrected chi connectivity index (χ0v) is 12.2. The molecule has 104 valence electrons. The molecule has 0 saturated carbocycles. The van der Waals surface area contributed by atoms with Crippen molar-refractivity contribution in [3.63, 3.8) is 0 Å². The van der Waals surface area contributed by atoms with Crippen molar-refractivity contribution in [2.24, 2.45) is 0 Å². The second-order valence-corrected chi connectivity index (χ2v) is 4.75. The molecule has 1 aromatic carbocycles. The summed E-state index contributed by atoms with van der Waals surface area (Å²) in [6, 6.07) is 8.41. The zero-order chi connectivity index (χ0) is 13.9. The molecule has 19 heavy (non-hydrogen) atoms. The van der Waals surface area contributed by atoms with Crippen molar-refractivity contribution in [1.82, 2.24) is 4.90 Å². The summed E-state index contributed by atoms with van der Waals surface area (Å²) in [5, 5.41) is 8.73. The molecule has 0 aliphatic rings. The van der Waals surface area contributed by atoms with Gasteiger partial charge in [-0.15, -0.1) is 0 Å². The average Bonchev–Trinajstić information content (AvgIpc) is 2.40. The normalized spacial score (nSPS) is 10.3. The summed E-state index contributed by atoms with van der Waals surface area (Å²) in [6.45, 7) is 7.87. The van der Waals surface area contributed by atoms with Gasteiger partial charge in [0, 0.05) is 18.5 Å². The van der Waals surface area contributed by atoms with Crippen LogP contribution >= 0.6 is 0 Å². The molecule has 0 heterocycles. The van der Waals surface area contributed by atoms with E-state index in [0.717, 1.165) is 25.2 Å². The van der Waals surface area contributed by atoms with Crippen LogP contribution in [0, 0.1) is 11.8 Å². The largest absolute Gasteiger partial charge is 0.395 e. The molecule has 0 bridgehead atoms. The lowest BCUT2D eigenvalue weighted by molar-refractivity contribution is 0.266. The first-order valence-electron chi connectivity index (χ1n) is 7.21. The van der Waals surface area contributed by atoms with Gasteiger partial charge >= 0.3 is 0 Å². The van der Waals surface area contributed by atoms with E-state index in [9.17, 15) is 0 Å². The van der Waals surface area contributed by atoms with Gasteiger partial charge in [0.25, 0.3) is 0 Å². The molecule has 1 rings (SSSR count). The molecular formula is C17H25NO. The van der Waals surface area contributed by atoms with Crippen LogP contribution in [0.15, 0.2) is 24.3 Å². The lowest BCUT2D eigenvalue weighted by atomic mass is 10.1. The van der Waals surface area contributed by atoms with E-state index in [4.69, 9.17) is 5.11 Å². The fraction of sp³-hybridized carbons (Fsp3) is 0.529. The molecule has 0 spiro atoms. The molecule has 0 amide bonds. The Morgan fingerprint density at radius 3 is 2.53 bits per heavy atom. The molecule has 2 nitrogen and oxygen atoms in total. The maximum absolute atomic E-state index is 8.73. The summed E-state index contributed by atoms with van der Waals surface area (Å²) in [5.74, 6) is 6.06. The van der Waals surface area contributed by atoms with Crippen LogP contribution in [-0.4, -0.2) is 29.7 Å². The Hall–Kier alpha value is -1.30. The summed E-state index contributed by atoms with van der Waals surface area (Å²) in [6.07, 6.45) is 2.92. The fourth-order valence-electron chi connectivity index (χ4n) is 2.13. The Labute approximate surface area is 117 Å². The van der Waals surface area contributed by atoms with Crippen molar-refractivity contribution < 1.29 is 5.11 Å². The van der Waals surface area contributed by atoms with Crippen LogP contribution in [0.4, 0.5) is 0 Å². The quantitative estimate of drug-likeness (QED) is 0.761. The minimum absolute atomic E-state index is 0.132. The number of hydrogen-bond donors (Lipinski definition) is 1. The molecule has 1 aromatic rings. The van der Waals surface area contributed by atoms with Gasteiger partial charge in [0.15, 0.2) is 0 Å². The standard InChI is InChI=1S/C17H25NO/c1-3-11-18(12-4-2)15-17-10-7-9-16(14-17)8-5-6-13-19/h7,9-10,14,19H,3-4,6,11-13,15H2,1-2H3. The van der Waals surface area contributed by atoms with Crippen LogP contribution in [0.2, 0.25) is 0 Å². The van der Waals surface area contributed by atoms with E-state index in [0.29, 0.717) is 6.42 Å². The van der Waals surface area contributed by atoms with Crippen molar-refractivity contribution in [2.45, 2.75) is 39.7 Å². The Morgan fingerprint density at radius 1 is 1.16 bits per heavy atom. The summed E-state index contributed by atoms with van der Waals surface area (Å²) in [4.78, 5) is 2.49. The number of aliphatic hydroxyl groups excluding tert-OH is 1. The number of aliphatic hydroxyl groups is 1. The first-order valence-corrected chi connectivity index (χ1v) is 7.21. The summed E-state index contributed by atoms with van der Waals surface area (Å²) in [5.41, 5.74) is 2.36. The van der Waals surface area contributed by atoms with Crippen molar-refractivity contribution in [2.75, 3.05) is 19.7 Å². The molecule has 0 radical (unpaired) electrons. The topological polar surface area (TPSA) is 23.5 Å². The van der Waals surface area contributed by atoms with E-state index < -0.39 is 0 Å². The number of benzene rings is 1. The van der Waals surface area contributed by atoms with Crippen LogP contribution in [0.25, 0.3) is 0 Å². The van der Waals surface area contributed by atoms with Crippen LogP contribution < -0.4 is 0 Å². The average molecular weight is 259 g/mol. The van der Waals surface area contributed by atoms with Crippen molar-refractivity contribution in [3.8, 4) is 11.8 Å². The number of nitrogens with zero attached hydrogens (tertiary/aromatic N) is 1. The van der Waals surface area contributed by atoms with Gasteiger partial charge in [-0.05, 0) is 43.6 Å². The summed E-state index contributed by atoms with van der Waals surface area (Å²) < 4.78 is 0. The molecule has 0 aliphatic heterocycles. The second kappa shape index (κ2) is 9.61. The van der Waals surface area contributed by atoms with Crippen molar-refractivity contribution >= 4 is 0 Å². The molecule has 0 saturated heterocycles. The summed E-state index contributed by atoms with van der Waals surface area (Å²) >= 11 is 0. The van der Waals surface area contributed by atoms with Crippen LogP contribution in [0.3, 0.4) is 0 Å². The van der Waals surface area contributed by atoms with Gasteiger partial charge in [0.05, 0.1) is 6.61 Å². The van der Waals surface area contributed by atoms with Crippen molar-refractivity contribution in [3.05, 3.63) is 35.4 Å².